The second-order valence-corrected chi connectivity index (χ2v) is 5.83. The standard InChI is InChI=1S/C17H12F5N5/c1-23-27-15-3-2-8(17(20,21)22)4-13(15)25-16(27)26-14-7-24-12-6-11(19)10(18)5-9(12)14/h2-7,23-24H,1H3,(H,25,26). The molecular weight excluding hydrogens is 369 g/mol. The van der Waals surface area contributed by atoms with E-state index in [0.29, 0.717) is 22.1 Å². The lowest BCUT2D eigenvalue weighted by molar-refractivity contribution is -0.137. The minimum atomic E-state index is -4.48. The highest BCUT2D eigenvalue weighted by Gasteiger charge is 2.31. The number of fused-ring (bicyclic) bond motifs is 2. The van der Waals surface area contributed by atoms with E-state index in [2.05, 4.69) is 20.7 Å². The van der Waals surface area contributed by atoms with E-state index in [1.54, 1.807) is 7.05 Å². The van der Waals surface area contributed by atoms with Crippen LogP contribution in [0.5, 0.6) is 0 Å². The number of H-pyrrole nitrogens is 1. The van der Waals surface area contributed by atoms with E-state index >= 15 is 0 Å². The summed E-state index contributed by atoms with van der Waals surface area (Å²) < 4.78 is 67.1. The van der Waals surface area contributed by atoms with Crippen molar-refractivity contribution in [3.8, 4) is 0 Å². The lowest BCUT2D eigenvalue weighted by atomic mass is 10.2. The molecule has 0 atom stereocenters. The van der Waals surface area contributed by atoms with Gasteiger partial charge in [-0.15, -0.1) is 0 Å². The average molecular weight is 381 g/mol. The van der Waals surface area contributed by atoms with Crippen molar-refractivity contribution in [2.45, 2.75) is 6.18 Å². The summed E-state index contributed by atoms with van der Waals surface area (Å²) in [6, 6.07) is 5.26. The van der Waals surface area contributed by atoms with Crippen LogP contribution in [0.15, 0.2) is 36.5 Å². The zero-order valence-electron chi connectivity index (χ0n) is 13.7. The van der Waals surface area contributed by atoms with Crippen molar-refractivity contribution in [2.24, 2.45) is 0 Å². The fourth-order valence-corrected chi connectivity index (χ4v) is 2.91. The third-order valence-electron chi connectivity index (χ3n) is 4.17. The molecule has 0 aliphatic carbocycles. The summed E-state index contributed by atoms with van der Waals surface area (Å²) in [5.74, 6) is -1.81. The van der Waals surface area contributed by atoms with E-state index in [9.17, 15) is 22.0 Å². The van der Waals surface area contributed by atoms with Crippen molar-refractivity contribution < 1.29 is 22.0 Å². The number of nitrogens with zero attached hydrogens (tertiary/aromatic N) is 2. The van der Waals surface area contributed by atoms with Crippen LogP contribution >= 0.6 is 0 Å². The molecule has 10 heteroatoms. The maximum atomic E-state index is 13.6. The van der Waals surface area contributed by atoms with Gasteiger partial charge in [0.1, 0.15) is 0 Å². The van der Waals surface area contributed by atoms with Crippen molar-refractivity contribution in [3.63, 3.8) is 0 Å². The zero-order valence-corrected chi connectivity index (χ0v) is 13.7. The fraction of sp³-hybridized carbons (Fsp3) is 0.118. The number of alkyl halides is 3. The molecule has 0 aliphatic rings. The Bertz CT molecular complexity index is 1160. The molecule has 2 aromatic carbocycles. The molecule has 5 nitrogen and oxygen atoms in total. The molecule has 27 heavy (non-hydrogen) atoms. The number of benzene rings is 2. The summed E-state index contributed by atoms with van der Waals surface area (Å²) in [5, 5.41) is 3.30. The Kier molecular flexibility index (Phi) is 3.72. The van der Waals surface area contributed by atoms with Crippen LogP contribution in [0.1, 0.15) is 5.56 Å². The SMILES string of the molecule is CNn1c(Nc2c[nH]c3cc(F)c(F)cc23)nc2cc(C(F)(F)F)ccc21. The van der Waals surface area contributed by atoms with Crippen molar-refractivity contribution in [1.29, 1.82) is 0 Å². The first-order valence-corrected chi connectivity index (χ1v) is 7.78. The molecule has 0 unspecified atom stereocenters. The predicted octanol–water partition coefficient (Wildman–Crippen LogP) is 4.73. The number of aromatic nitrogens is 3. The van der Waals surface area contributed by atoms with Gasteiger partial charge in [-0.1, -0.05) is 0 Å². The second-order valence-electron chi connectivity index (χ2n) is 5.83. The Morgan fingerprint density at radius 2 is 1.81 bits per heavy atom. The molecule has 0 radical (unpaired) electrons. The number of anilines is 2. The number of nitrogens with one attached hydrogen (secondary N) is 3. The molecule has 0 saturated carbocycles. The predicted molar refractivity (Wildman–Crippen MR) is 91.5 cm³/mol. The van der Waals surface area contributed by atoms with Crippen LogP contribution in [0.2, 0.25) is 0 Å². The third kappa shape index (κ3) is 2.82. The lowest BCUT2D eigenvalue weighted by Gasteiger charge is -2.09. The van der Waals surface area contributed by atoms with Crippen molar-refractivity contribution in [2.75, 3.05) is 17.8 Å². The summed E-state index contributed by atoms with van der Waals surface area (Å²) in [7, 11) is 1.58. The maximum Gasteiger partial charge on any atom is 0.416 e. The van der Waals surface area contributed by atoms with Crippen molar-refractivity contribution in [1.82, 2.24) is 14.6 Å². The molecule has 3 N–H and O–H groups in total. The van der Waals surface area contributed by atoms with Crippen LogP contribution < -0.4 is 10.7 Å². The Labute approximate surface area is 148 Å². The molecule has 2 heterocycles. The summed E-state index contributed by atoms with van der Waals surface area (Å²) >= 11 is 0. The number of aromatic amines is 1. The Hall–Kier alpha value is -3.30. The minimum absolute atomic E-state index is 0.124. The van der Waals surface area contributed by atoms with Crippen LogP contribution in [0.4, 0.5) is 33.6 Å². The van der Waals surface area contributed by atoms with Gasteiger partial charge in [-0.2, -0.15) is 13.2 Å². The summed E-state index contributed by atoms with van der Waals surface area (Å²) in [6.45, 7) is 0. The van der Waals surface area contributed by atoms with Gasteiger partial charge in [0.15, 0.2) is 11.6 Å². The van der Waals surface area contributed by atoms with Crippen molar-refractivity contribution in [3.05, 3.63) is 53.7 Å². The quantitative estimate of drug-likeness (QED) is 0.450. The molecule has 0 saturated heterocycles. The molecule has 0 amide bonds. The van der Waals surface area contributed by atoms with Gasteiger partial charge in [-0.25, -0.2) is 18.4 Å². The number of hydrogen-bond donors (Lipinski definition) is 3. The van der Waals surface area contributed by atoms with Gasteiger partial charge in [0.2, 0.25) is 5.95 Å². The summed E-state index contributed by atoms with van der Waals surface area (Å²) in [5.41, 5.74) is 3.32. The Morgan fingerprint density at radius 1 is 1.07 bits per heavy atom. The smallest absolute Gasteiger partial charge is 0.359 e. The molecular formula is C17H12F5N5. The Balaban J connectivity index is 1.81. The molecule has 0 spiro atoms. The van der Waals surface area contributed by atoms with Crippen LogP contribution in [0, 0.1) is 11.6 Å². The number of rotatable bonds is 3. The third-order valence-corrected chi connectivity index (χ3v) is 4.17. The van der Waals surface area contributed by atoms with E-state index in [0.717, 1.165) is 24.3 Å². The van der Waals surface area contributed by atoms with E-state index in [4.69, 9.17) is 0 Å². The minimum Gasteiger partial charge on any atom is -0.359 e. The Morgan fingerprint density at radius 3 is 2.52 bits per heavy atom. The normalized spacial score (nSPS) is 12.1. The summed E-state index contributed by atoms with van der Waals surface area (Å²) in [4.78, 5) is 6.99. The largest absolute Gasteiger partial charge is 0.416 e. The average Bonchev–Trinajstić information content (AvgIpc) is 3.15. The number of halogens is 5. The highest BCUT2D eigenvalue weighted by molar-refractivity contribution is 5.94. The number of imidazole rings is 1. The monoisotopic (exact) mass is 381 g/mol. The van der Waals surface area contributed by atoms with E-state index in [1.165, 1.54) is 16.9 Å². The summed E-state index contributed by atoms with van der Waals surface area (Å²) in [6.07, 6.45) is -2.99. The van der Waals surface area contributed by atoms with E-state index in [-0.39, 0.29) is 11.5 Å². The van der Waals surface area contributed by atoms with Gasteiger partial charge >= 0.3 is 6.18 Å². The van der Waals surface area contributed by atoms with Gasteiger partial charge < -0.3 is 15.7 Å². The topological polar surface area (TPSA) is 57.7 Å². The van der Waals surface area contributed by atoms with Crippen molar-refractivity contribution >= 4 is 33.6 Å². The van der Waals surface area contributed by atoms with Crippen LogP contribution in [0.25, 0.3) is 21.9 Å². The zero-order chi connectivity index (χ0) is 19.3. The number of hydrogen-bond acceptors (Lipinski definition) is 3. The second kappa shape index (κ2) is 5.86. The lowest BCUT2D eigenvalue weighted by Crippen LogP contribution is -2.12. The van der Waals surface area contributed by atoms with Crippen LogP contribution in [-0.4, -0.2) is 21.7 Å². The first kappa shape index (κ1) is 17.1. The van der Waals surface area contributed by atoms with Crippen LogP contribution in [0.3, 0.4) is 0 Å². The van der Waals surface area contributed by atoms with Gasteiger partial charge in [0.25, 0.3) is 0 Å². The highest BCUT2D eigenvalue weighted by atomic mass is 19.4. The molecule has 4 rings (SSSR count). The molecule has 0 bridgehead atoms. The van der Waals surface area contributed by atoms with Gasteiger partial charge in [-0.3, -0.25) is 0 Å². The first-order chi connectivity index (χ1) is 12.8. The van der Waals surface area contributed by atoms with E-state index in [1.807, 2.05) is 0 Å². The highest BCUT2D eigenvalue weighted by Crippen LogP contribution is 2.33. The molecule has 2 aromatic heterocycles. The van der Waals surface area contributed by atoms with Gasteiger partial charge in [0, 0.05) is 24.7 Å². The molecule has 0 aliphatic heterocycles. The fourth-order valence-electron chi connectivity index (χ4n) is 2.91. The molecule has 0 fully saturated rings. The van der Waals surface area contributed by atoms with E-state index < -0.39 is 23.4 Å². The van der Waals surface area contributed by atoms with Gasteiger partial charge in [-0.05, 0) is 24.3 Å². The molecule has 140 valence electrons. The first-order valence-electron chi connectivity index (χ1n) is 7.78. The maximum absolute atomic E-state index is 13.6. The van der Waals surface area contributed by atoms with Crippen LogP contribution in [-0.2, 0) is 6.18 Å². The van der Waals surface area contributed by atoms with Gasteiger partial charge in [0.05, 0.1) is 27.8 Å². The molecule has 4 aromatic rings.